The van der Waals surface area contributed by atoms with Crippen molar-refractivity contribution in [3.63, 3.8) is 0 Å². The van der Waals surface area contributed by atoms with E-state index in [-0.39, 0.29) is 0 Å². The minimum Gasteiger partial charge on any atom is -0.340 e. The number of nitrogens with zero attached hydrogens (tertiary/aromatic N) is 1. The van der Waals surface area contributed by atoms with Gasteiger partial charge in [-0.1, -0.05) is 0 Å². The van der Waals surface area contributed by atoms with Gasteiger partial charge >= 0.3 is 6.03 Å². The van der Waals surface area contributed by atoms with Crippen LogP contribution in [0.15, 0.2) is 0 Å². The van der Waals surface area contributed by atoms with Gasteiger partial charge in [0.25, 0.3) is 0 Å². The van der Waals surface area contributed by atoms with Crippen molar-refractivity contribution in [1.29, 1.82) is 0 Å². The van der Waals surface area contributed by atoms with Gasteiger partial charge in [0.1, 0.15) is 0 Å². The average molecular weight is 208 g/mol. The second-order valence-electron chi connectivity index (χ2n) is 3.64. The Morgan fingerprint density at radius 3 is 1.92 bits per heavy atom. The van der Waals surface area contributed by atoms with Gasteiger partial charge in [-0.25, -0.2) is 17.5 Å². The molecule has 13 heavy (non-hydrogen) atoms. The fraction of sp³-hybridized carbons (Fsp3) is 0.857. The van der Waals surface area contributed by atoms with Crippen LogP contribution in [0.1, 0.15) is 20.8 Å². The molecule has 0 saturated carbocycles. The summed E-state index contributed by atoms with van der Waals surface area (Å²) >= 11 is 0. The Hall–Kier alpha value is -0.780. The molecular formula is C7H16N2O3S. The third-order valence-electron chi connectivity index (χ3n) is 1.63. The largest absolute Gasteiger partial charge is 0.340 e. The van der Waals surface area contributed by atoms with Crippen molar-refractivity contribution in [2.45, 2.75) is 25.5 Å². The first kappa shape index (κ1) is 12.2. The minimum absolute atomic E-state index is 0.630. The first-order valence-corrected chi connectivity index (χ1v) is 5.29. The summed E-state index contributed by atoms with van der Waals surface area (Å²) in [5.41, 5.74) is 0. The highest BCUT2D eigenvalue weighted by atomic mass is 32.2. The van der Waals surface area contributed by atoms with E-state index in [4.69, 9.17) is 0 Å². The quantitative estimate of drug-likeness (QED) is 0.677. The molecule has 0 spiro atoms. The molecule has 0 aliphatic carbocycles. The Balaban J connectivity index is 4.99. The zero-order valence-electron chi connectivity index (χ0n) is 8.58. The van der Waals surface area contributed by atoms with E-state index in [9.17, 15) is 13.2 Å². The van der Waals surface area contributed by atoms with Gasteiger partial charge in [0.15, 0.2) is 0 Å². The second kappa shape index (κ2) is 3.53. The fourth-order valence-corrected chi connectivity index (χ4v) is 1.81. The van der Waals surface area contributed by atoms with Crippen LogP contribution in [-0.4, -0.2) is 37.6 Å². The van der Waals surface area contributed by atoms with Gasteiger partial charge < -0.3 is 5.32 Å². The summed E-state index contributed by atoms with van der Waals surface area (Å²) in [7, 11) is -0.945. The number of sulfonamides is 1. The smallest absolute Gasteiger partial charge is 0.330 e. The molecule has 0 atom stereocenters. The highest BCUT2D eigenvalue weighted by Gasteiger charge is 2.35. The molecule has 0 aromatic rings. The molecule has 0 aromatic heterocycles. The van der Waals surface area contributed by atoms with Gasteiger partial charge in [0, 0.05) is 14.1 Å². The lowest BCUT2D eigenvalue weighted by Crippen LogP contribution is -2.47. The number of hydrogen-bond acceptors (Lipinski definition) is 3. The molecule has 0 saturated heterocycles. The van der Waals surface area contributed by atoms with Crippen molar-refractivity contribution in [1.82, 2.24) is 9.62 Å². The van der Waals surface area contributed by atoms with E-state index in [1.807, 2.05) is 0 Å². The van der Waals surface area contributed by atoms with E-state index in [0.29, 0.717) is 4.31 Å². The summed E-state index contributed by atoms with van der Waals surface area (Å²) < 4.78 is 23.0. The topological polar surface area (TPSA) is 66.5 Å². The molecule has 5 nitrogen and oxygen atoms in total. The van der Waals surface area contributed by atoms with Crippen molar-refractivity contribution in [3.05, 3.63) is 0 Å². The number of rotatable bonds is 1. The van der Waals surface area contributed by atoms with E-state index in [2.05, 4.69) is 5.32 Å². The van der Waals surface area contributed by atoms with E-state index in [1.54, 1.807) is 20.8 Å². The van der Waals surface area contributed by atoms with Crippen molar-refractivity contribution in [2.75, 3.05) is 14.1 Å². The maximum absolute atomic E-state index is 11.6. The van der Waals surface area contributed by atoms with Crippen LogP contribution in [0.3, 0.4) is 0 Å². The molecule has 6 heteroatoms. The normalized spacial score (nSPS) is 12.4. The Morgan fingerprint density at radius 1 is 1.31 bits per heavy atom. The van der Waals surface area contributed by atoms with Gasteiger partial charge in [-0.3, -0.25) is 0 Å². The van der Waals surface area contributed by atoms with Crippen LogP contribution in [0.25, 0.3) is 0 Å². The Labute approximate surface area is 79.2 Å². The lowest BCUT2D eigenvalue weighted by atomic mass is 10.3. The SMILES string of the molecule is CNC(=O)N(C)S(=O)(=O)C(C)(C)C. The number of urea groups is 1. The lowest BCUT2D eigenvalue weighted by molar-refractivity contribution is 0.229. The lowest BCUT2D eigenvalue weighted by Gasteiger charge is -2.26. The standard InChI is InChI=1S/C7H16N2O3S/c1-7(2,3)13(11,12)9(5)6(10)8-4/h1-5H3,(H,8,10). The van der Waals surface area contributed by atoms with Crippen LogP contribution in [0.4, 0.5) is 4.79 Å². The molecule has 1 N–H and O–H groups in total. The first-order valence-electron chi connectivity index (χ1n) is 3.84. The maximum Gasteiger partial charge on any atom is 0.330 e. The molecule has 0 rings (SSSR count). The average Bonchev–Trinajstić information content (AvgIpc) is 1.99. The van der Waals surface area contributed by atoms with Crippen molar-refractivity contribution >= 4 is 16.1 Å². The summed E-state index contributed by atoms with van der Waals surface area (Å²) in [5, 5.41) is 2.25. The first-order chi connectivity index (χ1) is 5.64. The van der Waals surface area contributed by atoms with Crippen LogP contribution < -0.4 is 5.32 Å². The highest BCUT2D eigenvalue weighted by molar-refractivity contribution is 7.90. The fourth-order valence-electron chi connectivity index (χ4n) is 0.677. The molecule has 0 fully saturated rings. The van der Waals surface area contributed by atoms with Crippen molar-refractivity contribution in [3.8, 4) is 0 Å². The predicted octanol–water partition coefficient (Wildman–Crippen LogP) is 0.386. The van der Waals surface area contributed by atoms with E-state index < -0.39 is 20.8 Å². The van der Waals surface area contributed by atoms with Crippen molar-refractivity contribution in [2.24, 2.45) is 0 Å². The molecule has 2 amide bonds. The number of nitrogens with one attached hydrogen (secondary N) is 1. The molecule has 78 valence electrons. The highest BCUT2D eigenvalue weighted by Crippen LogP contribution is 2.18. The molecule has 0 radical (unpaired) electrons. The van der Waals surface area contributed by atoms with Gasteiger partial charge in [-0.05, 0) is 20.8 Å². The summed E-state index contributed by atoms with van der Waals surface area (Å²) in [6.45, 7) is 4.63. The Morgan fingerprint density at radius 2 is 1.69 bits per heavy atom. The van der Waals surface area contributed by atoms with Gasteiger partial charge in [-0.2, -0.15) is 0 Å². The van der Waals surface area contributed by atoms with Crippen LogP contribution >= 0.6 is 0 Å². The minimum atomic E-state index is -3.57. The van der Waals surface area contributed by atoms with Crippen LogP contribution in [0.5, 0.6) is 0 Å². The molecule has 0 aromatic carbocycles. The number of amides is 2. The monoisotopic (exact) mass is 208 g/mol. The Kier molecular flexibility index (Phi) is 3.32. The molecule has 0 aliphatic heterocycles. The second-order valence-corrected chi connectivity index (χ2v) is 6.36. The Bertz CT molecular complexity index is 289. The molecule has 0 heterocycles. The predicted molar refractivity (Wildman–Crippen MR) is 50.9 cm³/mol. The maximum atomic E-state index is 11.6. The summed E-state index contributed by atoms with van der Waals surface area (Å²) in [4.78, 5) is 11.0. The molecular weight excluding hydrogens is 192 g/mol. The van der Waals surface area contributed by atoms with Gasteiger partial charge in [0.2, 0.25) is 10.0 Å². The molecule has 0 aliphatic rings. The summed E-state index contributed by atoms with van der Waals surface area (Å²) in [5.74, 6) is 0. The third-order valence-corrected chi connectivity index (χ3v) is 4.07. The van der Waals surface area contributed by atoms with Gasteiger partial charge in [0.05, 0.1) is 4.75 Å². The number of hydrogen-bond donors (Lipinski definition) is 1. The summed E-state index contributed by atoms with van der Waals surface area (Å²) in [6.07, 6.45) is 0. The van der Waals surface area contributed by atoms with Crippen LogP contribution in [0, 0.1) is 0 Å². The zero-order chi connectivity index (χ0) is 10.9. The van der Waals surface area contributed by atoms with E-state index in [1.165, 1.54) is 14.1 Å². The molecule has 0 bridgehead atoms. The third kappa shape index (κ3) is 2.33. The van der Waals surface area contributed by atoms with E-state index in [0.717, 1.165) is 0 Å². The van der Waals surface area contributed by atoms with Gasteiger partial charge in [-0.15, -0.1) is 0 Å². The molecule has 0 unspecified atom stereocenters. The van der Waals surface area contributed by atoms with Crippen LogP contribution in [-0.2, 0) is 10.0 Å². The zero-order valence-corrected chi connectivity index (χ0v) is 9.40. The number of carbonyl (C=O) groups is 1. The summed E-state index contributed by atoms with van der Waals surface area (Å²) in [6, 6.07) is -0.630. The van der Waals surface area contributed by atoms with E-state index >= 15 is 0 Å². The number of carbonyl (C=O) groups excluding carboxylic acids is 1. The van der Waals surface area contributed by atoms with Crippen LogP contribution in [0.2, 0.25) is 0 Å². The van der Waals surface area contributed by atoms with Crippen molar-refractivity contribution < 1.29 is 13.2 Å².